The first-order chi connectivity index (χ1) is 10.8. The van der Waals surface area contributed by atoms with Gasteiger partial charge in [-0.3, -0.25) is 9.80 Å². The van der Waals surface area contributed by atoms with Gasteiger partial charge in [-0.2, -0.15) is 0 Å². The van der Waals surface area contributed by atoms with Crippen molar-refractivity contribution in [2.45, 2.75) is 50.7 Å². The number of piperazine rings is 1. The standard InChI is InChI=1S/C18H28N2O2/c21-11-8-17-14-19(13-15-4-3-7-18(22)12-15)9-10-20(17)16-5-1-2-6-16/h3-4,7,12,16-17,21-22H,1-2,5-6,8-11,13-14H2. The number of aliphatic hydroxyl groups is 1. The third kappa shape index (κ3) is 3.80. The summed E-state index contributed by atoms with van der Waals surface area (Å²) in [6.45, 7) is 4.36. The second-order valence-electron chi connectivity index (χ2n) is 6.75. The third-order valence-corrected chi connectivity index (χ3v) is 5.19. The van der Waals surface area contributed by atoms with Crippen molar-refractivity contribution in [3.05, 3.63) is 29.8 Å². The van der Waals surface area contributed by atoms with Crippen molar-refractivity contribution in [1.82, 2.24) is 9.80 Å². The van der Waals surface area contributed by atoms with E-state index in [-0.39, 0.29) is 6.61 Å². The van der Waals surface area contributed by atoms with Crippen LogP contribution in [0.5, 0.6) is 5.75 Å². The van der Waals surface area contributed by atoms with E-state index in [9.17, 15) is 10.2 Å². The number of rotatable bonds is 5. The van der Waals surface area contributed by atoms with Gasteiger partial charge in [-0.15, -0.1) is 0 Å². The lowest BCUT2D eigenvalue weighted by molar-refractivity contribution is 0.0267. The second-order valence-corrected chi connectivity index (χ2v) is 6.75. The molecule has 1 atom stereocenters. The minimum absolute atomic E-state index is 0.272. The molecule has 1 saturated carbocycles. The lowest BCUT2D eigenvalue weighted by Crippen LogP contribution is -2.55. The van der Waals surface area contributed by atoms with Crippen LogP contribution in [0.3, 0.4) is 0 Å². The molecule has 4 heteroatoms. The molecule has 1 aliphatic carbocycles. The van der Waals surface area contributed by atoms with Gasteiger partial charge in [0.05, 0.1) is 0 Å². The maximum Gasteiger partial charge on any atom is 0.115 e. The number of phenols is 1. The Hall–Kier alpha value is -1.10. The molecular weight excluding hydrogens is 276 g/mol. The van der Waals surface area contributed by atoms with E-state index in [1.807, 2.05) is 12.1 Å². The van der Waals surface area contributed by atoms with Crippen molar-refractivity contribution < 1.29 is 10.2 Å². The molecule has 1 aromatic rings. The van der Waals surface area contributed by atoms with Gasteiger partial charge in [0, 0.05) is 44.9 Å². The lowest BCUT2D eigenvalue weighted by atomic mass is 10.0. The van der Waals surface area contributed by atoms with Crippen LogP contribution < -0.4 is 0 Å². The zero-order valence-corrected chi connectivity index (χ0v) is 13.3. The monoisotopic (exact) mass is 304 g/mol. The first-order valence-corrected chi connectivity index (χ1v) is 8.63. The Morgan fingerprint density at radius 3 is 2.68 bits per heavy atom. The molecule has 122 valence electrons. The van der Waals surface area contributed by atoms with Gasteiger partial charge in [0.2, 0.25) is 0 Å². The van der Waals surface area contributed by atoms with E-state index < -0.39 is 0 Å². The molecule has 1 saturated heterocycles. The molecule has 22 heavy (non-hydrogen) atoms. The molecule has 4 nitrogen and oxygen atoms in total. The molecule has 0 bridgehead atoms. The molecular formula is C18H28N2O2. The number of benzene rings is 1. The van der Waals surface area contributed by atoms with Crippen LogP contribution in [0.25, 0.3) is 0 Å². The zero-order valence-electron chi connectivity index (χ0n) is 13.3. The molecule has 2 aliphatic rings. The number of phenolic OH excluding ortho intramolecular Hbond substituents is 1. The maximum atomic E-state index is 9.60. The van der Waals surface area contributed by atoms with E-state index in [1.165, 1.54) is 25.7 Å². The van der Waals surface area contributed by atoms with E-state index in [0.29, 0.717) is 11.8 Å². The highest BCUT2D eigenvalue weighted by molar-refractivity contribution is 5.27. The van der Waals surface area contributed by atoms with E-state index in [4.69, 9.17) is 0 Å². The van der Waals surface area contributed by atoms with Gasteiger partial charge < -0.3 is 10.2 Å². The van der Waals surface area contributed by atoms with E-state index in [0.717, 1.165) is 44.2 Å². The Labute approximate surface area is 133 Å². The van der Waals surface area contributed by atoms with E-state index in [2.05, 4.69) is 15.9 Å². The van der Waals surface area contributed by atoms with Crippen molar-refractivity contribution in [3.8, 4) is 5.75 Å². The van der Waals surface area contributed by atoms with Crippen molar-refractivity contribution in [2.75, 3.05) is 26.2 Å². The summed E-state index contributed by atoms with van der Waals surface area (Å²) in [5, 5.41) is 19.0. The minimum Gasteiger partial charge on any atom is -0.508 e. The molecule has 2 N–H and O–H groups in total. The summed E-state index contributed by atoms with van der Waals surface area (Å²) in [4.78, 5) is 5.11. The van der Waals surface area contributed by atoms with Crippen molar-refractivity contribution >= 4 is 0 Å². The van der Waals surface area contributed by atoms with Gasteiger partial charge >= 0.3 is 0 Å². The Morgan fingerprint density at radius 2 is 1.95 bits per heavy atom. The maximum absolute atomic E-state index is 9.60. The van der Waals surface area contributed by atoms with Crippen molar-refractivity contribution in [2.24, 2.45) is 0 Å². The van der Waals surface area contributed by atoms with Gasteiger partial charge in [-0.25, -0.2) is 0 Å². The van der Waals surface area contributed by atoms with Crippen LogP contribution in [0.15, 0.2) is 24.3 Å². The highest BCUT2D eigenvalue weighted by atomic mass is 16.3. The summed E-state index contributed by atoms with van der Waals surface area (Å²) >= 11 is 0. The van der Waals surface area contributed by atoms with Crippen LogP contribution in [0, 0.1) is 0 Å². The van der Waals surface area contributed by atoms with E-state index >= 15 is 0 Å². The predicted molar refractivity (Wildman–Crippen MR) is 87.8 cm³/mol. The summed E-state index contributed by atoms with van der Waals surface area (Å²) in [7, 11) is 0. The first kappa shape index (κ1) is 15.8. The van der Waals surface area contributed by atoms with Crippen LogP contribution in [0.4, 0.5) is 0 Å². The number of aromatic hydroxyl groups is 1. The number of nitrogens with zero attached hydrogens (tertiary/aromatic N) is 2. The quantitative estimate of drug-likeness (QED) is 0.875. The molecule has 1 aliphatic heterocycles. The van der Waals surface area contributed by atoms with Crippen LogP contribution in [0.2, 0.25) is 0 Å². The van der Waals surface area contributed by atoms with Crippen LogP contribution in [-0.2, 0) is 6.54 Å². The molecule has 2 fully saturated rings. The lowest BCUT2D eigenvalue weighted by Gasteiger charge is -2.44. The molecule has 1 heterocycles. The highest BCUT2D eigenvalue weighted by Crippen LogP contribution is 2.28. The average Bonchev–Trinajstić information content (AvgIpc) is 3.02. The van der Waals surface area contributed by atoms with Gasteiger partial charge in [0.25, 0.3) is 0 Å². The summed E-state index contributed by atoms with van der Waals surface area (Å²) < 4.78 is 0. The van der Waals surface area contributed by atoms with Crippen LogP contribution >= 0.6 is 0 Å². The predicted octanol–water partition coefficient (Wildman–Crippen LogP) is 2.20. The summed E-state index contributed by atoms with van der Waals surface area (Å²) in [5.41, 5.74) is 1.16. The molecule has 0 aromatic heterocycles. The molecule has 0 radical (unpaired) electrons. The smallest absolute Gasteiger partial charge is 0.115 e. The average molecular weight is 304 g/mol. The molecule has 1 aromatic carbocycles. The normalized spacial score (nSPS) is 24.9. The van der Waals surface area contributed by atoms with E-state index in [1.54, 1.807) is 6.07 Å². The van der Waals surface area contributed by atoms with Crippen LogP contribution in [-0.4, -0.2) is 58.3 Å². The number of hydrogen-bond acceptors (Lipinski definition) is 4. The molecule has 1 unspecified atom stereocenters. The highest BCUT2D eigenvalue weighted by Gasteiger charge is 2.32. The van der Waals surface area contributed by atoms with Gasteiger partial charge in [-0.05, 0) is 37.0 Å². The fourth-order valence-corrected chi connectivity index (χ4v) is 4.11. The van der Waals surface area contributed by atoms with Crippen molar-refractivity contribution in [1.29, 1.82) is 0 Å². The Kier molecular flexibility index (Phi) is 5.34. The SMILES string of the molecule is OCCC1CN(Cc2cccc(O)c2)CCN1C1CCCC1. The minimum atomic E-state index is 0.272. The Morgan fingerprint density at radius 1 is 1.14 bits per heavy atom. The van der Waals surface area contributed by atoms with Crippen LogP contribution in [0.1, 0.15) is 37.7 Å². The summed E-state index contributed by atoms with van der Waals surface area (Å²) in [6.07, 6.45) is 6.25. The van der Waals surface area contributed by atoms with Gasteiger partial charge in [-0.1, -0.05) is 25.0 Å². The number of hydrogen-bond donors (Lipinski definition) is 2. The largest absolute Gasteiger partial charge is 0.508 e. The Bertz CT molecular complexity index is 474. The summed E-state index contributed by atoms with van der Waals surface area (Å²) in [6, 6.07) is 8.76. The fraction of sp³-hybridized carbons (Fsp3) is 0.667. The first-order valence-electron chi connectivity index (χ1n) is 8.63. The van der Waals surface area contributed by atoms with Gasteiger partial charge in [0.1, 0.15) is 5.75 Å². The van der Waals surface area contributed by atoms with Crippen molar-refractivity contribution in [3.63, 3.8) is 0 Å². The second kappa shape index (κ2) is 7.44. The third-order valence-electron chi connectivity index (χ3n) is 5.19. The van der Waals surface area contributed by atoms with Gasteiger partial charge in [0.15, 0.2) is 0 Å². The topological polar surface area (TPSA) is 46.9 Å². The number of aliphatic hydroxyl groups excluding tert-OH is 1. The molecule has 3 rings (SSSR count). The fourth-order valence-electron chi connectivity index (χ4n) is 4.11. The summed E-state index contributed by atoms with van der Waals surface area (Å²) in [5.74, 6) is 0.342. The Balaban J connectivity index is 1.61. The zero-order chi connectivity index (χ0) is 15.4. The molecule has 0 spiro atoms. The molecule has 0 amide bonds.